The molecule has 166 valence electrons. The molecule has 0 radical (unpaired) electrons. The Bertz CT molecular complexity index is 777. The molecule has 1 saturated heterocycles. The molecule has 10 heteroatoms. The summed E-state index contributed by atoms with van der Waals surface area (Å²) in [4.78, 5) is 11.2. The first-order valence-corrected chi connectivity index (χ1v) is 9.96. The molecule has 30 heavy (non-hydrogen) atoms. The van der Waals surface area contributed by atoms with Crippen LogP contribution in [-0.4, -0.2) is 67.5 Å². The van der Waals surface area contributed by atoms with Crippen molar-refractivity contribution in [2.24, 2.45) is 4.99 Å². The number of morpholine rings is 1. The van der Waals surface area contributed by atoms with Crippen molar-refractivity contribution >= 4 is 29.9 Å². The van der Waals surface area contributed by atoms with Gasteiger partial charge in [0.1, 0.15) is 12.3 Å². The van der Waals surface area contributed by atoms with Gasteiger partial charge in [0.25, 0.3) is 0 Å². The highest BCUT2D eigenvalue weighted by atomic mass is 127. The van der Waals surface area contributed by atoms with E-state index in [0.29, 0.717) is 24.8 Å². The van der Waals surface area contributed by atoms with Crippen LogP contribution in [0, 0.1) is 6.92 Å². The van der Waals surface area contributed by atoms with Gasteiger partial charge in [-0.3, -0.25) is 4.90 Å². The van der Waals surface area contributed by atoms with E-state index in [-0.39, 0.29) is 30.0 Å². The van der Waals surface area contributed by atoms with E-state index in [1.54, 1.807) is 14.0 Å². The number of methoxy groups -OCH3 is 1. The summed E-state index contributed by atoms with van der Waals surface area (Å²) < 4.78 is 15.8. The van der Waals surface area contributed by atoms with Gasteiger partial charge in [-0.2, -0.15) is 4.98 Å². The SMILES string of the molecule is CCNC(=NCc1noc(C)n1)NCC(c1ccc(OC)cc1)N1CCOCC1.I. The van der Waals surface area contributed by atoms with Crippen LogP contribution in [0.2, 0.25) is 0 Å². The number of hydrogen-bond donors (Lipinski definition) is 2. The number of rotatable bonds is 8. The molecule has 2 N–H and O–H groups in total. The number of halogens is 1. The predicted molar refractivity (Wildman–Crippen MR) is 125 cm³/mol. The third-order valence-corrected chi connectivity index (χ3v) is 4.74. The molecule has 1 aliphatic rings. The average molecular weight is 530 g/mol. The van der Waals surface area contributed by atoms with Crippen molar-refractivity contribution in [2.45, 2.75) is 26.4 Å². The molecule has 0 amide bonds. The van der Waals surface area contributed by atoms with E-state index >= 15 is 0 Å². The number of nitrogens with zero attached hydrogens (tertiary/aromatic N) is 4. The van der Waals surface area contributed by atoms with Crippen LogP contribution in [0.1, 0.15) is 30.2 Å². The zero-order valence-corrected chi connectivity index (χ0v) is 20.1. The molecule has 3 rings (SSSR count). The van der Waals surface area contributed by atoms with E-state index in [1.807, 2.05) is 19.1 Å². The highest BCUT2D eigenvalue weighted by Gasteiger charge is 2.23. The monoisotopic (exact) mass is 530 g/mol. The number of aryl methyl sites for hydroxylation is 1. The first kappa shape index (κ1) is 24.4. The van der Waals surface area contributed by atoms with E-state index < -0.39 is 0 Å². The number of hydrogen-bond acceptors (Lipinski definition) is 7. The molecule has 0 spiro atoms. The molecule has 1 unspecified atom stereocenters. The van der Waals surface area contributed by atoms with Gasteiger partial charge in [0, 0.05) is 33.1 Å². The summed E-state index contributed by atoms with van der Waals surface area (Å²) in [7, 11) is 1.68. The zero-order chi connectivity index (χ0) is 20.5. The topological polar surface area (TPSA) is 97.0 Å². The Kier molecular flexibility index (Phi) is 10.3. The van der Waals surface area contributed by atoms with Gasteiger partial charge in [0.15, 0.2) is 11.8 Å². The van der Waals surface area contributed by atoms with Gasteiger partial charge < -0.3 is 24.6 Å². The fourth-order valence-corrected chi connectivity index (χ4v) is 3.26. The van der Waals surface area contributed by atoms with Gasteiger partial charge in [0.2, 0.25) is 5.89 Å². The molecule has 1 aromatic heterocycles. The standard InChI is InChI=1S/C20H30N6O3.HI/c1-4-21-20(23-14-19-24-15(2)29-25-19)22-13-18(26-9-11-28-12-10-26)16-5-7-17(27-3)8-6-16;/h5-8,18H,4,9-14H2,1-3H3,(H2,21,22,23);1H. The quantitative estimate of drug-likeness (QED) is 0.305. The third kappa shape index (κ3) is 7.10. The van der Waals surface area contributed by atoms with Gasteiger partial charge in [-0.1, -0.05) is 17.3 Å². The van der Waals surface area contributed by atoms with Crippen molar-refractivity contribution in [1.29, 1.82) is 0 Å². The summed E-state index contributed by atoms with van der Waals surface area (Å²) in [5, 5.41) is 10.6. The number of aliphatic imine (C=N–C) groups is 1. The van der Waals surface area contributed by atoms with Crippen LogP contribution >= 0.6 is 24.0 Å². The number of aromatic nitrogens is 2. The van der Waals surface area contributed by atoms with Gasteiger partial charge in [-0.25, -0.2) is 4.99 Å². The van der Waals surface area contributed by atoms with Crippen molar-refractivity contribution in [3.63, 3.8) is 0 Å². The normalized spacial score (nSPS) is 15.9. The molecule has 1 atom stereocenters. The molecule has 1 aliphatic heterocycles. The highest BCUT2D eigenvalue weighted by molar-refractivity contribution is 14.0. The minimum atomic E-state index is 0. The van der Waals surface area contributed by atoms with Crippen molar-refractivity contribution in [1.82, 2.24) is 25.7 Å². The van der Waals surface area contributed by atoms with Crippen LogP contribution in [0.4, 0.5) is 0 Å². The summed E-state index contributed by atoms with van der Waals surface area (Å²) in [5.74, 6) is 2.69. The molecule has 1 fully saturated rings. The van der Waals surface area contributed by atoms with Crippen molar-refractivity contribution in [2.75, 3.05) is 46.5 Å². The molecular formula is C20H31IN6O3. The smallest absolute Gasteiger partial charge is 0.223 e. The molecule has 9 nitrogen and oxygen atoms in total. The fraction of sp³-hybridized carbons (Fsp3) is 0.550. The van der Waals surface area contributed by atoms with Gasteiger partial charge >= 0.3 is 0 Å². The second-order valence-corrected chi connectivity index (χ2v) is 6.74. The fourth-order valence-electron chi connectivity index (χ4n) is 3.26. The second kappa shape index (κ2) is 12.7. The largest absolute Gasteiger partial charge is 0.497 e. The lowest BCUT2D eigenvalue weighted by Crippen LogP contribution is -2.46. The van der Waals surface area contributed by atoms with Crippen LogP contribution in [0.25, 0.3) is 0 Å². The molecule has 1 aromatic carbocycles. The molecule has 2 heterocycles. The predicted octanol–water partition coefficient (Wildman–Crippen LogP) is 2.13. The van der Waals surface area contributed by atoms with Crippen LogP contribution in [0.5, 0.6) is 5.75 Å². The minimum absolute atomic E-state index is 0. The number of benzene rings is 1. The average Bonchev–Trinajstić information content (AvgIpc) is 3.18. The first-order chi connectivity index (χ1) is 14.2. The van der Waals surface area contributed by atoms with Crippen LogP contribution < -0.4 is 15.4 Å². The van der Waals surface area contributed by atoms with Crippen LogP contribution in [-0.2, 0) is 11.3 Å². The number of ether oxygens (including phenoxy) is 2. The minimum Gasteiger partial charge on any atom is -0.497 e. The van der Waals surface area contributed by atoms with Gasteiger partial charge in [0.05, 0.1) is 26.4 Å². The van der Waals surface area contributed by atoms with Crippen LogP contribution in [0.3, 0.4) is 0 Å². The lowest BCUT2D eigenvalue weighted by Gasteiger charge is -2.35. The van der Waals surface area contributed by atoms with E-state index in [1.165, 1.54) is 5.56 Å². The Labute approximate surface area is 194 Å². The van der Waals surface area contributed by atoms with Gasteiger partial charge in [-0.05, 0) is 24.6 Å². The first-order valence-electron chi connectivity index (χ1n) is 9.96. The number of guanidine groups is 1. The lowest BCUT2D eigenvalue weighted by atomic mass is 10.0. The van der Waals surface area contributed by atoms with Crippen molar-refractivity contribution in [3.8, 4) is 5.75 Å². The second-order valence-electron chi connectivity index (χ2n) is 6.74. The van der Waals surface area contributed by atoms with Crippen molar-refractivity contribution < 1.29 is 14.0 Å². The molecular weight excluding hydrogens is 499 g/mol. The zero-order valence-electron chi connectivity index (χ0n) is 17.8. The summed E-state index contributed by atoms with van der Waals surface area (Å²) >= 11 is 0. The Balaban J connectivity index is 0.00000320. The maximum absolute atomic E-state index is 5.54. The maximum atomic E-state index is 5.54. The summed E-state index contributed by atoms with van der Waals surface area (Å²) in [6, 6.07) is 8.43. The van der Waals surface area contributed by atoms with E-state index in [2.05, 4.69) is 42.8 Å². The molecule has 0 aliphatic carbocycles. The maximum Gasteiger partial charge on any atom is 0.223 e. The Hall–Kier alpha value is -1.92. The van der Waals surface area contributed by atoms with E-state index in [9.17, 15) is 0 Å². The Morgan fingerprint density at radius 1 is 1.23 bits per heavy atom. The summed E-state index contributed by atoms with van der Waals surface area (Å²) in [6.45, 7) is 8.94. The Morgan fingerprint density at radius 2 is 1.97 bits per heavy atom. The van der Waals surface area contributed by atoms with E-state index in [4.69, 9.17) is 14.0 Å². The van der Waals surface area contributed by atoms with Crippen molar-refractivity contribution in [3.05, 3.63) is 41.5 Å². The number of nitrogens with one attached hydrogen (secondary N) is 2. The molecule has 0 saturated carbocycles. The molecule has 0 bridgehead atoms. The summed E-state index contributed by atoms with van der Waals surface area (Å²) in [5.41, 5.74) is 1.23. The third-order valence-electron chi connectivity index (χ3n) is 4.74. The molecule has 2 aromatic rings. The summed E-state index contributed by atoms with van der Waals surface area (Å²) in [6.07, 6.45) is 0. The lowest BCUT2D eigenvalue weighted by molar-refractivity contribution is 0.0170. The van der Waals surface area contributed by atoms with Crippen LogP contribution in [0.15, 0.2) is 33.8 Å². The Morgan fingerprint density at radius 3 is 2.57 bits per heavy atom. The highest BCUT2D eigenvalue weighted by Crippen LogP contribution is 2.23. The van der Waals surface area contributed by atoms with E-state index in [0.717, 1.165) is 44.6 Å². The van der Waals surface area contributed by atoms with Gasteiger partial charge in [-0.15, -0.1) is 24.0 Å².